The van der Waals surface area contributed by atoms with Crippen molar-refractivity contribution in [2.45, 2.75) is 24.0 Å². The maximum Gasteiger partial charge on any atom is 0.233 e. The van der Waals surface area contributed by atoms with Crippen LogP contribution in [0.3, 0.4) is 0 Å². The summed E-state index contributed by atoms with van der Waals surface area (Å²) in [4.78, 5) is 16.3. The van der Waals surface area contributed by atoms with Crippen LogP contribution in [0, 0.1) is 0 Å². The third kappa shape index (κ3) is 3.79. The van der Waals surface area contributed by atoms with E-state index in [1.807, 2.05) is 19.9 Å². The number of carbonyl (C=O) groups excluding carboxylic acids is 1. The predicted molar refractivity (Wildman–Crippen MR) is 62.7 cm³/mol. The molecule has 0 fully saturated rings. The number of nitrogens with one attached hydrogen (secondary N) is 1. The lowest BCUT2D eigenvalue weighted by molar-refractivity contribution is -0.120. The molecule has 1 atom stereocenters. The average molecular weight is 225 g/mol. The van der Waals surface area contributed by atoms with Crippen LogP contribution in [-0.4, -0.2) is 22.7 Å². The maximum atomic E-state index is 11.4. The van der Waals surface area contributed by atoms with Crippen LogP contribution in [0.1, 0.15) is 13.8 Å². The van der Waals surface area contributed by atoms with E-state index >= 15 is 0 Å². The Morgan fingerprint density at radius 1 is 1.67 bits per heavy atom. The Morgan fingerprint density at radius 2 is 2.40 bits per heavy atom. The number of hydrogen-bond acceptors (Lipinski definition) is 4. The molecule has 1 heterocycles. The van der Waals surface area contributed by atoms with E-state index in [1.165, 1.54) is 11.8 Å². The first-order chi connectivity index (χ1) is 7.13. The monoisotopic (exact) mass is 225 g/mol. The number of pyridine rings is 1. The molecule has 0 bridgehead atoms. The molecule has 0 aliphatic heterocycles. The summed E-state index contributed by atoms with van der Waals surface area (Å²) in [5.74, 6) is 0.532. The van der Waals surface area contributed by atoms with Crippen LogP contribution in [-0.2, 0) is 4.79 Å². The van der Waals surface area contributed by atoms with Crippen LogP contribution < -0.4 is 11.1 Å². The number of anilines is 1. The molecule has 0 radical (unpaired) electrons. The van der Waals surface area contributed by atoms with Gasteiger partial charge in [-0.3, -0.25) is 4.79 Å². The van der Waals surface area contributed by atoms with E-state index in [0.29, 0.717) is 12.4 Å². The number of carbonyl (C=O) groups is 1. The van der Waals surface area contributed by atoms with Crippen molar-refractivity contribution >= 4 is 23.5 Å². The zero-order valence-electron chi connectivity index (χ0n) is 8.86. The predicted octanol–water partition coefficient (Wildman–Crippen LogP) is 1.28. The van der Waals surface area contributed by atoms with Gasteiger partial charge in [-0.1, -0.05) is 0 Å². The molecule has 1 aromatic rings. The molecular weight excluding hydrogens is 210 g/mol. The normalized spacial score (nSPS) is 12.1. The topological polar surface area (TPSA) is 68.0 Å². The van der Waals surface area contributed by atoms with Crippen molar-refractivity contribution in [1.82, 2.24) is 10.3 Å². The van der Waals surface area contributed by atoms with Gasteiger partial charge in [-0.05, 0) is 26.0 Å². The number of nitrogens with two attached hydrogens (primary N) is 1. The van der Waals surface area contributed by atoms with E-state index in [2.05, 4.69) is 10.3 Å². The van der Waals surface area contributed by atoms with Crippen molar-refractivity contribution in [3.05, 3.63) is 18.3 Å². The number of aromatic nitrogens is 1. The molecule has 1 unspecified atom stereocenters. The molecule has 0 aliphatic carbocycles. The highest BCUT2D eigenvalue weighted by Crippen LogP contribution is 2.22. The van der Waals surface area contributed by atoms with Gasteiger partial charge in [-0.2, -0.15) is 0 Å². The van der Waals surface area contributed by atoms with Gasteiger partial charge in [0.15, 0.2) is 0 Å². The minimum absolute atomic E-state index is 0.0410. The third-order valence-electron chi connectivity index (χ3n) is 1.79. The van der Waals surface area contributed by atoms with E-state index in [9.17, 15) is 4.79 Å². The van der Waals surface area contributed by atoms with E-state index in [4.69, 9.17) is 5.73 Å². The van der Waals surface area contributed by atoms with Crippen molar-refractivity contribution in [3.63, 3.8) is 0 Å². The number of nitrogen functional groups attached to an aromatic ring is 1. The number of thioether (sulfide) groups is 1. The summed E-state index contributed by atoms with van der Waals surface area (Å²) in [5, 5.41) is 2.66. The van der Waals surface area contributed by atoms with Crippen LogP contribution in [0.4, 0.5) is 5.82 Å². The summed E-state index contributed by atoms with van der Waals surface area (Å²) >= 11 is 1.47. The molecule has 1 aromatic heterocycles. The fourth-order valence-corrected chi connectivity index (χ4v) is 1.90. The standard InChI is InChI=1S/C10H15N3OS/c1-3-12-10(14)7(2)15-8-4-5-9(11)13-6-8/h4-7H,3H2,1-2H3,(H2,11,13)(H,12,14). The highest BCUT2D eigenvalue weighted by molar-refractivity contribution is 8.00. The van der Waals surface area contributed by atoms with Gasteiger partial charge < -0.3 is 11.1 Å². The van der Waals surface area contributed by atoms with Crippen molar-refractivity contribution in [3.8, 4) is 0 Å². The summed E-state index contributed by atoms with van der Waals surface area (Å²) in [7, 11) is 0. The Morgan fingerprint density at radius 3 is 2.93 bits per heavy atom. The minimum atomic E-state index is -0.115. The third-order valence-corrected chi connectivity index (χ3v) is 2.87. The van der Waals surface area contributed by atoms with Gasteiger partial charge in [0.25, 0.3) is 0 Å². The van der Waals surface area contributed by atoms with Crippen molar-refractivity contribution in [2.75, 3.05) is 12.3 Å². The number of nitrogens with zero attached hydrogens (tertiary/aromatic N) is 1. The van der Waals surface area contributed by atoms with Gasteiger partial charge in [-0.25, -0.2) is 4.98 Å². The highest BCUT2D eigenvalue weighted by Gasteiger charge is 2.12. The summed E-state index contributed by atoms with van der Waals surface area (Å²) < 4.78 is 0. The molecule has 1 rings (SSSR count). The van der Waals surface area contributed by atoms with Crippen LogP contribution in [0.15, 0.2) is 23.2 Å². The Bertz CT molecular complexity index is 326. The first-order valence-electron chi connectivity index (χ1n) is 4.79. The Kier molecular flexibility index (Phi) is 4.42. The molecule has 4 nitrogen and oxygen atoms in total. The van der Waals surface area contributed by atoms with Crippen molar-refractivity contribution in [1.29, 1.82) is 0 Å². The molecule has 82 valence electrons. The second-order valence-corrected chi connectivity index (χ2v) is 4.49. The lowest BCUT2D eigenvalue weighted by Gasteiger charge is -2.10. The van der Waals surface area contributed by atoms with E-state index in [0.717, 1.165) is 4.90 Å². The second-order valence-electron chi connectivity index (χ2n) is 3.07. The molecule has 3 N–H and O–H groups in total. The maximum absolute atomic E-state index is 11.4. The van der Waals surface area contributed by atoms with Gasteiger partial charge in [-0.15, -0.1) is 11.8 Å². The van der Waals surface area contributed by atoms with Gasteiger partial charge in [0.05, 0.1) is 5.25 Å². The summed E-state index contributed by atoms with van der Waals surface area (Å²) in [6.45, 7) is 4.43. The average Bonchev–Trinajstić information content (AvgIpc) is 2.22. The molecule has 1 amide bonds. The molecular formula is C10H15N3OS. The Labute approximate surface area is 93.7 Å². The fourth-order valence-electron chi connectivity index (χ4n) is 1.04. The molecule has 5 heteroatoms. The number of hydrogen-bond donors (Lipinski definition) is 2. The Balaban J connectivity index is 2.54. The molecule has 0 saturated carbocycles. The van der Waals surface area contributed by atoms with Crippen LogP contribution in [0.5, 0.6) is 0 Å². The van der Waals surface area contributed by atoms with E-state index < -0.39 is 0 Å². The summed E-state index contributed by atoms with van der Waals surface area (Å²) in [6, 6.07) is 3.59. The van der Waals surface area contributed by atoms with Crippen LogP contribution in [0.2, 0.25) is 0 Å². The molecule has 15 heavy (non-hydrogen) atoms. The molecule has 0 aromatic carbocycles. The van der Waals surface area contributed by atoms with E-state index in [-0.39, 0.29) is 11.2 Å². The zero-order valence-corrected chi connectivity index (χ0v) is 9.67. The summed E-state index contributed by atoms with van der Waals surface area (Å²) in [6.07, 6.45) is 1.68. The van der Waals surface area contributed by atoms with Crippen molar-refractivity contribution in [2.24, 2.45) is 0 Å². The first-order valence-corrected chi connectivity index (χ1v) is 5.67. The molecule has 0 saturated heterocycles. The molecule has 0 aliphatic rings. The van der Waals surface area contributed by atoms with Crippen LogP contribution >= 0.6 is 11.8 Å². The fraction of sp³-hybridized carbons (Fsp3) is 0.400. The Hall–Kier alpha value is -1.23. The lowest BCUT2D eigenvalue weighted by atomic mass is 10.4. The van der Waals surface area contributed by atoms with Gasteiger partial charge in [0.2, 0.25) is 5.91 Å². The van der Waals surface area contributed by atoms with Gasteiger partial charge in [0, 0.05) is 17.6 Å². The number of rotatable bonds is 4. The number of amides is 1. The summed E-state index contributed by atoms with van der Waals surface area (Å²) in [5.41, 5.74) is 5.47. The SMILES string of the molecule is CCNC(=O)C(C)Sc1ccc(N)nc1. The highest BCUT2D eigenvalue weighted by atomic mass is 32.2. The zero-order chi connectivity index (χ0) is 11.3. The first kappa shape index (κ1) is 11.8. The largest absolute Gasteiger partial charge is 0.384 e. The van der Waals surface area contributed by atoms with E-state index in [1.54, 1.807) is 12.3 Å². The van der Waals surface area contributed by atoms with Gasteiger partial charge in [0.1, 0.15) is 5.82 Å². The van der Waals surface area contributed by atoms with Crippen LogP contribution in [0.25, 0.3) is 0 Å². The smallest absolute Gasteiger partial charge is 0.233 e. The second kappa shape index (κ2) is 5.60. The molecule has 0 spiro atoms. The lowest BCUT2D eigenvalue weighted by Crippen LogP contribution is -2.30. The van der Waals surface area contributed by atoms with Crippen molar-refractivity contribution < 1.29 is 4.79 Å². The quantitative estimate of drug-likeness (QED) is 0.757. The minimum Gasteiger partial charge on any atom is -0.384 e. The van der Waals surface area contributed by atoms with Gasteiger partial charge >= 0.3 is 0 Å².